The molecule has 0 bridgehead atoms. The summed E-state index contributed by atoms with van der Waals surface area (Å²) in [5.74, 6) is 0.908. The number of hydrogen-bond acceptors (Lipinski definition) is 2. The van der Waals surface area contributed by atoms with E-state index in [1.807, 2.05) is 6.07 Å². The Bertz CT molecular complexity index is 864. The number of methoxy groups -OCH3 is 1. The minimum atomic E-state index is 0.908. The predicted molar refractivity (Wildman–Crippen MR) is 99.2 cm³/mol. The third kappa shape index (κ3) is 2.95. The molecule has 0 unspecified atom stereocenters. The lowest BCUT2D eigenvalue weighted by Crippen LogP contribution is -2.27. The zero-order valence-corrected chi connectivity index (χ0v) is 14.0. The van der Waals surface area contributed by atoms with Crippen LogP contribution in [0.5, 0.6) is 5.75 Å². The first-order valence-electron chi connectivity index (χ1n) is 8.44. The molecule has 24 heavy (non-hydrogen) atoms. The lowest BCUT2D eigenvalue weighted by molar-refractivity contribution is 0.294. The molecule has 0 atom stereocenters. The summed E-state index contributed by atoms with van der Waals surface area (Å²) in [6, 6.07) is 16.9. The lowest BCUT2D eigenvalue weighted by Gasteiger charge is -2.26. The van der Waals surface area contributed by atoms with Gasteiger partial charge in [0.25, 0.3) is 0 Å². The van der Waals surface area contributed by atoms with Gasteiger partial charge in [0.1, 0.15) is 5.75 Å². The number of hydrogen-bond donors (Lipinski definition) is 1. The standard InChI is InChI=1S/C21H22N2O/c1-24-18-7-8-21-19(13-18)20(14-22-21)17-9-11-23(12-10-17)15-16-5-3-2-4-6-16/h2-9,13-14,22H,10-12,15H2,1H3. The fourth-order valence-electron chi connectivity index (χ4n) is 3.43. The second-order valence-electron chi connectivity index (χ2n) is 6.31. The van der Waals surface area contributed by atoms with Gasteiger partial charge >= 0.3 is 0 Å². The van der Waals surface area contributed by atoms with Crippen LogP contribution in [0.3, 0.4) is 0 Å². The molecule has 3 nitrogen and oxygen atoms in total. The summed E-state index contributed by atoms with van der Waals surface area (Å²) >= 11 is 0. The highest BCUT2D eigenvalue weighted by Crippen LogP contribution is 2.31. The average molecular weight is 318 g/mol. The summed E-state index contributed by atoms with van der Waals surface area (Å²) in [6.45, 7) is 3.12. The minimum Gasteiger partial charge on any atom is -0.497 e. The van der Waals surface area contributed by atoms with Crippen molar-refractivity contribution in [3.8, 4) is 5.75 Å². The molecular weight excluding hydrogens is 296 g/mol. The zero-order valence-electron chi connectivity index (χ0n) is 14.0. The maximum atomic E-state index is 5.38. The van der Waals surface area contributed by atoms with Gasteiger partial charge in [0, 0.05) is 42.3 Å². The molecule has 1 aromatic heterocycles. The van der Waals surface area contributed by atoms with Crippen LogP contribution in [0.2, 0.25) is 0 Å². The van der Waals surface area contributed by atoms with Gasteiger partial charge in [0.15, 0.2) is 0 Å². The van der Waals surface area contributed by atoms with Crippen molar-refractivity contribution in [1.82, 2.24) is 9.88 Å². The van der Waals surface area contributed by atoms with Gasteiger partial charge in [-0.25, -0.2) is 0 Å². The van der Waals surface area contributed by atoms with Crippen molar-refractivity contribution in [2.45, 2.75) is 13.0 Å². The Hall–Kier alpha value is -2.52. The first-order valence-corrected chi connectivity index (χ1v) is 8.44. The molecule has 0 radical (unpaired) electrons. The molecule has 0 amide bonds. The largest absolute Gasteiger partial charge is 0.497 e. The molecule has 2 aromatic carbocycles. The van der Waals surface area contributed by atoms with Gasteiger partial charge in [0.2, 0.25) is 0 Å². The molecule has 1 aliphatic rings. The van der Waals surface area contributed by atoms with Crippen molar-refractivity contribution in [2.75, 3.05) is 20.2 Å². The van der Waals surface area contributed by atoms with Crippen LogP contribution >= 0.6 is 0 Å². The quantitative estimate of drug-likeness (QED) is 0.769. The second-order valence-corrected chi connectivity index (χ2v) is 6.31. The molecule has 122 valence electrons. The molecule has 4 rings (SSSR count). The summed E-state index contributed by atoms with van der Waals surface area (Å²) in [7, 11) is 1.72. The van der Waals surface area contributed by atoms with Gasteiger partial charge in [-0.1, -0.05) is 36.4 Å². The van der Waals surface area contributed by atoms with Crippen molar-refractivity contribution in [2.24, 2.45) is 0 Å². The zero-order chi connectivity index (χ0) is 16.4. The summed E-state index contributed by atoms with van der Waals surface area (Å²) in [5, 5.41) is 1.25. The average Bonchev–Trinajstić information content (AvgIpc) is 3.06. The molecular formula is C21H22N2O. The Morgan fingerprint density at radius 2 is 2.00 bits per heavy atom. The van der Waals surface area contributed by atoms with Gasteiger partial charge in [-0.05, 0) is 35.8 Å². The number of ether oxygens (including phenoxy) is 1. The number of nitrogens with zero attached hydrogens (tertiary/aromatic N) is 1. The number of fused-ring (bicyclic) bond motifs is 1. The van der Waals surface area contributed by atoms with Crippen LogP contribution in [0.25, 0.3) is 16.5 Å². The van der Waals surface area contributed by atoms with Gasteiger partial charge in [-0.2, -0.15) is 0 Å². The summed E-state index contributed by atoms with van der Waals surface area (Å²) in [6.07, 6.45) is 5.58. The number of H-pyrrole nitrogens is 1. The third-order valence-electron chi connectivity index (χ3n) is 4.78. The van der Waals surface area contributed by atoms with E-state index in [-0.39, 0.29) is 0 Å². The van der Waals surface area contributed by atoms with Crippen LogP contribution in [0.4, 0.5) is 0 Å². The van der Waals surface area contributed by atoms with Crippen LogP contribution in [-0.2, 0) is 6.54 Å². The summed E-state index contributed by atoms with van der Waals surface area (Å²) in [5.41, 5.74) is 5.28. The maximum absolute atomic E-state index is 5.38. The SMILES string of the molecule is COc1ccc2[nH]cc(C3=CCN(Cc4ccccc4)CC3)c2c1. The molecule has 3 heteroatoms. The fourth-order valence-corrected chi connectivity index (χ4v) is 3.43. The minimum absolute atomic E-state index is 0.908. The predicted octanol–water partition coefficient (Wildman–Crippen LogP) is 4.47. The number of aromatic nitrogens is 1. The van der Waals surface area contributed by atoms with E-state index < -0.39 is 0 Å². The lowest BCUT2D eigenvalue weighted by atomic mass is 9.98. The van der Waals surface area contributed by atoms with Gasteiger partial charge in [0.05, 0.1) is 7.11 Å². The molecule has 1 N–H and O–H groups in total. The van der Waals surface area contributed by atoms with E-state index in [2.05, 4.69) is 64.6 Å². The molecule has 0 saturated carbocycles. The Morgan fingerprint density at radius 1 is 1.12 bits per heavy atom. The molecule has 3 aromatic rings. The molecule has 2 heterocycles. The number of nitrogens with one attached hydrogen (secondary N) is 1. The highest BCUT2D eigenvalue weighted by molar-refractivity contribution is 5.93. The Balaban J connectivity index is 1.54. The molecule has 0 saturated heterocycles. The van der Waals surface area contributed by atoms with Crippen LogP contribution in [0, 0.1) is 0 Å². The van der Waals surface area contributed by atoms with Crippen LogP contribution in [-0.4, -0.2) is 30.1 Å². The van der Waals surface area contributed by atoms with Crippen LogP contribution in [0.15, 0.2) is 60.8 Å². The van der Waals surface area contributed by atoms with Gasteiger partial charge in [-0.3, -0.25) is 4.90 Å². The van der Waals surface area contributed by atoms with E-state index in [4.69, 9.17) is 4.74 Å². The first-order chi connectivity index (χ1) is 11.8. The number of aromatic amines is 1. The highest BCUT2D eigenvalue weighted by atomic mass is 16.5. The van der Waals surface area contributed by atoms with E-state index in [9.17, 15) is 0 Å². The van der Waals surface area contributed by atoms with Crippen molar-refractivity contribution in [3.05, 3.63) is 71.9 Å². The molecule has 0 aliphatic carbocycles. The van der Waals surface area contributed by atoms with E-state index in [1.54, 1.807) is 7.11 Å². The van der Waals surface area contributed by atoms with Gasteiger partial charge in [-0.15, -0.1) is 0 Å². The van der Waals surface area contributed by atoms with E-state index in [1.165, 1.54) is 27.6 Å². The third-order valence-corrected chi connectivity index (χ3v) is 4.78. The number of rotatable bonds is 4. The van der Waals surface area contributed by atoms with Crippen molar-refractivity contribution in [1.29, 1.82) is 0 Å². The van der Waals surface area contributed by atoms with Gasteiger partial charge < -0.3 is 9.72 Å². The topological polar surface area (TPSA) is 28.3 Å². The van der Waals surface area contributed by atoms with Crippen molar-refractivity contribution in [3.63, 3.8) is 0 Å². The number of benzene rings is 2. The van der Waals surface area contributed by atoms with E-state index >= 15 is 0 Å². The maximum Gasteiger partial charge on any atom is 0.119 e. The monoisotopic (exact) mass is 318 g/mol. The Morgan fingerprint density at radius 3 is 2.75 bits per heavy atom. The summed E-state index contributed by atoms with van der Waals surface area (Å²) in [4.78, 5) is 5.87. The van der Waals surface area contributed by atoms with E-state index in [0.717, 1.165) is 31.8 Å². The normalized spacial score (nSPS) is 15.5. The second kappa shape index (κ2) is 6.54. The molecule has 0 fully saturated rings. The first kappa shape index (κ1) is 15.0. The summed E-state index contributed by atoms with van der Waals surface area (Å²) < 4.78 is 5.38. The highest BCUT2D eigenvalue weighted by Gasteiger charge is 2.16. The Kier molecular flexibility index (Phi) is 4.09. The molecule has 0 spiro atoms. The fraction of sp³-hybridized carbons (Fsp3) is 0.238. The Labute approximate surface area is 142 Å². The van der Waals surface area contributed by atoms with Crippen molar-refractivity contribution < 1.29 is 4.74 Å². The molecule has 1 aliphatic heterocycles. The van der Waals surface area contributed by atoms with Crippen LogP contribution in [0.1, 0.15) is 17.5 Å². The van der Waals surface area contributed by atoms with E-state index in [0.29, 0.717) is 0 Å². The smallest absolute Gasteiger partial charge is 0.119 e. The van der Waals surface area contributed by atoms with Crippen molar-refractivity contribution >= 4 is 16.5 Å². The van der Waals surface area contributed by atoms with Crippen LogP contribution < -0.4 is 4.74 Å².